The Kier molecular flexibility index (Phi) is 10.5. The number of amides is 2. The number of benzene rings is 2. The number of ether oxygens (including phenoxy) is 3. The largest absolute Gasteiger partial charge is 0.497 e. The Morgan fingerprint density at radius 3 is 2.38 bits per heavy atom. The Balaban J connectivity index is 1.76. The van der Waals surface area contributed by atoms with Crippen LogP contribution < -0.4 is 4.74 Å². The van der Waals surface area contributed by atoms with Crippen LogP contribution in [0.4, 0.5) is 4.79 Å². The fourth-order valence-electron chi connectivity index (χ4n) is 4.32. The molecule has 0 spiro atoms. The van der Waals surface area contributed by atoms with Crippen molar-refractivity contribution in [1.82, 2.24) is 4.90 Å². The van der Waals surface area contributed by atoms with E-state index < -0.39 is 26.4 Å². The molecule has 1 aliphatic heterocycles. The highest BCUT2D eigenvalue weighted by Crippen LogP contribution is 2.39. The molecule has 3 rings (SSSR count). The van der Waals surface area contributed by atoms with Crippen LogP contribution in [-0.4, -0.2) is 57.7 Å². The van der Waals surface area contributed by atoms with Gasteiger partial charge in [0.15, 0.2) is 8.32 Å². The van der Waals surface area contributed by atoms with Crippen molar-refractivity contribution in [2.24, 2.45) is 5.92 Å². The molecule has 39 heavy (non-hydrogen) atoms. The average Bonchev–Trinajstić information content (AvgIpc) is 3.26. The van der Waals surface area contributed by atoms with Gasteiger partial charge in [-0.25, -0.2) is 9.69 Å². The number of nitrogens with zero attached hydrogens (tertiary/aromatic N) is 1. The van der Waals surface area contributed by atoms with Crippen molar-refractivity contribution in [3.63, 3.8) is 0 Å². The number of carbonyl (C=O) groups is 2. The Bertz CT molecular complexity index is 1100. The van der Waals surface area contributed by atoms with Crippen LogP contribution >= 0.6 is 0 Å². The minimum absolute atomic E-state index is 0.0631. The topological polar surface area (TPSA) is 74.3 Å². The lowest BCUT2D eigenvalue weighted by molar-refractivity contribution is -0.135. The van der Waals surface area contributed by atoms with Crippen molar-refractivity contribution >= 4 is 20.3 Å². The molecule has 2 aromatic rings. The lowest BCUT2D eigenvalue weighted by Crippen LogP contribution is -2.51. The molecular formula is C31H43NO6Si. The predicted octanol–water partition coefficient (Wildman–Crippen LogP) is 6.38. The van der Waals surface area contributed by atoms with Crippen LogP contribution in [0.5, 0.6) is 5.75 Å². The number of carbonyl (C=O) groups excluding carboxylic acids is 2. The summed E-state index contributed by atoms with van der Waals surface area (Å²) in [6.07, 6.45) is 1.51. The second-order valence-electron chi connectivity index (χ2n) is 11.5. The van der Waals surface area contributed by atoms with Crippen LogP contribution in [0.15, 0.2) is 67.3 Å². The highest BCUT2D eigenvalue weighted by molar-refractivity contribution is 6.74. The van der Waals surface area contributed by atoms with Gasteiger partial charge in [-0.3, -0.25) is 4.79 Å². The molecule has 0 aromatic heterocycles. The third kappa shape index (κ3) is 8.03. The first-order chi connectivity index (χ1) is 18.5. The molecule has 0 bridgehead atoms. The number of hydrogen-bond donors (Lipinski definition) is 0. The summed E-state index contributed by atoms with van der Waals surface area (Å²) in [6.45, 7) is 15.8. The van der Waals surface area contributed by atoms with Crippen LogP contribution in [0.3, 0.4) is 0 Å². The minimum Gasteiger partial charge on any atom is -0.497 e. The van der Waals surface area contributed by atoms with E-state index >= 15 is 0 Å². The van der Waals surface area contributed by atoms with Gasteiger partial charge in [-0.2, -0.15) is 0 Å². The van der Waals surface area contributed by atoms with Crippen LogP contribution in [0, 0.1) is 5.92 Å². The molecule has 0 aliphatic carbocycles. The van der Waals surface area contributed by atoms with E-state index in [9.17, 15) is 9.59 Å². The summed E-state index contributed by atoms with van der Waals surface area (Å²) in [6, 6.07) is 17.1. The predicted molar refractivity (Wildman–Crippen MR) is 155 cm³/mol. The van der Waals surface area contributed by atoms with Crippen LogP contribution in [0.25, 0.3) is 0 Å². The summed E-state index contributed by atoms with van der Waals surface area (Å²) in [5.41, 5.74) is 2.06. The van der Waals surface area contributed by atoms with Gasteiger partial charge in [-0.15, -0.1) is 6.58 Å². The first kappa shape index (κ1) is 30.6. The van der Waals surface area contributed by atoms with E-state index in [1.165, 1.54) is 4.90 Å². The summed E-state index contributed by atoms with van der Waals surface area (Å²) in [5.74, 6) is -0.264. The van der Waals surface area contributed by atoms with Crippen molar-refractivity contribution in [3.8, 4) is 5.75 Å². The molecule has 1 aliphatic rings. The molecule has 0 N–H and O–H groups in total. The molecule has 212 valence electrons. The molecule has 1 fully saturated rings. The zero-order chi connectivity index (χ0) is 28.6. The molecule has 1 heterocycles. The SMILES string of the molecule is C=C[C@@H](C(=O)N1C(=O)OCC1Cc1ccccc1)[C@H](CCOCc1ccc(OC)cc1)O[Si](C)(C)C(C)(C)C. The van der Waals surface area contributed by atoms with E-state index in [1.54, 1.807) is 13.2 Å². The maximum atomic E-state index is 13.9. The molecule has 3 atom stereocenters. The number of cyclic esters (lactones) is 1. The number of hydrogen-bond acceptors (Lipinski definition) is 6. The van der Waals surface area contributed by atoms with Crippen LogP contribution in [0.2, 0.25) is 18.1 Å². The molecule has 7 nitrogen and oxygen atoms in total. The van der Waals surface area contributed by atoms with Crippen molar-refractivity contribution in [1.29, 1.82) is 0 Å². The third-order valence-corrected chi connectivity index (χ3v) is 12.2. The Labute approximate surface area is 234 Å². The standard InChI is InChI=1S/C31H43NO6Si/c1-8-27(29(33)32-25(22-37-30(32)34)20-23-12-10-9-11-13-23)28(38-39(6,7)31(2,3)4)18-19-36-21-24-14-16-26(35-5)17-15-24/h8-17,25,27-28H,1,18-22H2,2-7H3/t25?,27-,28+/m1/s1. The summed E-state index contributed by atoms with van der Waals surface area (Å²) >= 11 is 0. The van der Waals surface area contributed by atoms with E-state index in [4.69, 9.17) is 18.6 Å². The first-order valence-corrected chi connectivity index (χ1v) is 16.4. The van der Waals surface area contributed by atoms with Crippen molar-refractivity contribution in [2.45, 2.75) is 70.5 Å². The van der Waals surface area contributed by atoms with E-state index in [1.807, 2.05) is 54.6 Å². The van der Waals surface area contributed by atoms with E-state index in [0.717, 1.165) is 16.9 Å². The second kappa shape index (κ2) is 13.4. The zero-order valence-corrected chi connectivity index (χ0v) is 25.1. The van der Waals surface area contributed by atoms with E-state index in [-0.39, 0.29) is 23.6 Å². The summed E-state index contributed by atoms with van der Waals surface area (Å²) in [7, 11) is -0.630. The smallest absolute Gasteiger partial charge is 0.417 e. The van der Waals surface area contributed by atoms with Gasteiger partial charge in [0.2, 0.25) is 5.91 Å². The number of rotatable bonds is 13. The number of imide groups is 1. The van der Waals surface area contributed by atoms with Gasteiger partial charge in [0.05, 0.1) is 31.8 Å². The molecule has 0 radical (unpaired) electrons. The lowest BCUT2D eigenvalue weighted by atomic mass is 9.97. The maximum absolute atomic E-state index is 13.9. The monoisotopic (exact) mass is 553 g/mol. The quantitative estimate of drug-likeness (QED) is 0.163. The molecule has 2 aromatic carbocycles. The Morgan fingerprint density at radius 2 is 1.79 bits per heavy atom. The van der Waals surface area contributed by atoms with Crippen LogP contribution in [0.1, 0.15) is 38.3 Å². The van der Waals surface area contributed by atoms with E-state index in [2.05, 4.69) is 40.4 Å². The van der Waals surface area contributed by atoms with Gasteiger partial charge < -0.3 is 18.6 Å². The summed E-state index contributed by atoms with van der Waals surface area (Å²) < 4.78 is 23.3. The van der Waals surface area contributed by atoms with Crippen molar-refractivity contribution in [3.05, 3.63) is 78.4 Å². The second-order valence-corrected chi connectivity index (χ2v) is 16.3. The van der Waals surface area contributed by atoms with Gasteiger partial charge in [-0.05, 0) is 54.2 Å². The normalized spacial score (nSPS) is 17.4. The molecule has 8 heteroatoms. The fraction of sp³-hybridized carbons (Fsp3) is 0.484. The average molecular weight is 554 g/mol. The minimum atomic E-state index is -2.27. The molecule has 1 unspecified atom stereocenters. The highest BCUT2D eigenvalue weighted by atomic mass is 28.4. The summed E-state index contributed by atoms with van der Waals surface area (Å²) in [4.78, 5) is 27.9. The molecule has 1 saturated heterocycles. The maximum Gasteiger partial charge on any atom is 0.417 e. The van der Waals surface area contributed by atoms with E-state index in [0.29, 0.717) is 26.1 Å². The Hall–Kier alpha value is -2.94. The van der Waals surface area contributed by atoms with Gasteiger partial charge >= 0.3 is 6.09 Å². The molecular weight excluding hydrogens is 510 g/mol. The lowest BCUT2D eigenvalue weighted by Gasteiger charge is -2.41. The van der Waals surface area contributed by atoms with Crippen molar-refractivity contribution in [2.75, 3.05) is 20.3 Å². The van der Waals surface area contributed by atoms with Gasteiger partial charge in [-0.1, -0.05) is 69.3 Å². The fourth-order valence-corrected chi connectivity index (χ4v) is 5.69. The third-order valence-electron chi connectivity index (χ3n) is 7.68. The van der Waals surface area contributed by atoms with Crippen molar-refractivity contribution < 1.29 is 28.2 Å². The van der Waals surface area contributed by atoms with Crippen LogP contribution in [-0.2, 0) is 31.7 Å². The Morgan fingerprint density at radius 1 is 1.13 bits per heavy atom. The molecule has 0 saturated carbocycles. The zero-order valence-electron chi connectivity index (χ0n) is 24.1. The first-order valence-electron chi connectivity index (χ1n) is 13.5. The molecule has 2 amide bonds. The number of methoxy groups -OCH3 is 1. The summed E-state index contributed by atoms with van der Waals surface area (Å²) in [5, 5.41) is -0.0631. The van der Waals surface area contributed by atoms with Gasteiger partial charge in [0.25, 0.3) is 0 Å². The highest BCUT2D eigenvalue weighted by Gasteiger charge is 2.45. The van der Waals surface area contributed by atoms with Gasteiger partial charge in [0, 0.05) is 6.61 Å². The van der Waals surface area contributed by atoms with Gasteiger partial charge in [0.1, 0.15) is 12.4 Å².